The third-order valence-electron chi connectivity index (χ3n) is 6.09. The largest absolute Gasteiger partial charge is 0.344 e. The van der Waals surface area contributed by atoms with Crippen molar-refractivity contribution in [2.75, 3.05) is 18.0 Å². The van der Waals surface area contributed by atoms with Crippen molar-refractivity contribution in [3.63, 3.8) is 0 Å². The van der Waals surface area contributed by atoms with Crippen molar-refractivity contribution in [3.05, 3.63) is 57.5 Å². The molecule has 1 aromatic carbocycles. The third kappa shape index (κ3) is 3.68. The first-order valence-electron chi connectivity index (χ1n) is 10.4. The van der Waals surface area contributed by atoms with E-state index in [9.17, 15) is 9.59 Å². The average molecular weight is 378 g/mol. The van der Waals surface area contributed by atoms with E-state index in [0.29, 0.717) is 11.9 Å². The molecule has 2 N–H and O–H groups in total. The number of aromatic nitrogens is 2. The van der Waals surface area contributed by atoms with Gasteiger partial charge < -0.3 is 10.2 Å². The minimum Gasteiger partial charge on any atom is -0.344 e. The average Bonchev–Trinajstić information content (AvgIpc) is 3.64. The number of aromatic amines is 1. The second-order valence-corrected chi connectivity index (χ2v) is 8.38. The molecule has 6 nitrogen and oxygen atoms in total. The molecule has 2 aromatic rings. The van der Waals surface area contributed by atoms with E-state index in [2.05, 4.69) is 39.6 Å². The first-order valence-corrected chi connectivity index (χ1v) is 10.4. The number of nitrogens with one attached hydrogen (secondary N) is 2. The highest BCUT2D eigenvalue weighted by molar-refractivity contribution is 5.92. The van der Waals surface area contributed by atoms with Crippen LogP contribution in [0.25, 0.3) is 0 Å². The fourth-order valence-corrected chi connectivity index (χ4v) is 4.15. The minimum atomic E-state index is -0.279. The molecule has 3 fully saturated rings. The standard InChI is InChI=1S/C22H26N4O2/c27-19-13-18(23-22(24-19)26-11-1-2-12-26)21(28)25-20(17-9-10-17)16-7-5-15(6-8-16)14-3-4-14/h5-8,13-14,17,20H,1-4,9-12H2,(H,25,28)(H,23,24,27)/t20-/m0/s1. The highest BCUT2D eigenvalue weighted by atomic mass is 16.2. The summed E-state index contributed by atoms with van der Waals surface area (Å²) in [5.74, 6) is 1.43. The zero-order chi connectivity index (χ0) is 19.1. The highest BCUT2D eigenvalue weighted by Gasteiger charge is 2.34. The highest BCUT2D eigenvalue weighted by Crippen LogP contribution is 2.43. The normalized spacial score (nSPS) is 20.2. The Morgan fingerprint density at radius 3 is 2.46 bits per heavy atom. The van der Waals surface area contributed by atoms with Gasteiger partial charge >= 0.3 is 0 Å². The van der Waals surface area contributed by atoms with Crippen molar-refractivity contribution in [2.45, 2.75) is 50.5 Å². The summed E-state index contributed by atoms with van der Waals surface area (Å²) in [5, 5.41) is 3.15. The first-order chi connectivity index (χ1) is 13.7. The van der Waals surface area contributed by atoms with Crippen molar-refractivity contribution >= 4 is 11.9 Å². The van der Waals surface area contributed by atoms with Gasteiger partial charge in [0.2, 0.25) is 5.95 Å². The molecule has 2 saturated carbocycles. The molecule has 1 aliphatic heterocycles. The molecule has 3 aliphatic rings. The van der Waals surface area contributed by atoms with Crippen LogP contribution in [0.4, 0.5) is 5.95 Å². The van der Waals surface area contributed by atoms with Gasteiger partial charge in [0.25, 0.3) is 11.5 Å². The lowest BCUT2D eigenvalue weighted by Gasteiger charge is -2.20. The zero-order valence-corrected chi connectivity index (χ0v) is 16.0. The molecule has 0 unspecified atom stereocenters. The van der Waals surface area contributed by atoms with E-state index in [1.807, 2.05) is 4.90 Å². The Hall–Kier alpha value is -2.63. The van der Waals surface area contributed by atoms with E-state index in [0.717, 1.165) is 50.3 Å². The second-order valence-electron chi connectivity index (χ2n) is 8.38. The molecule has 0 spiro atoms. The van der Waals surface area contributed by atoms with Crippen LogP contribution in [0, 0.1) is 5.92 Å². The molecule has 1 aromatic heterocycles. The molecule has 2 aliphatic carbocycles. The van der Waals surface area contributed by atoms with Crippen molar-refractivity contribution < 1.29 is 4.79 Å². The molecule has 6 heteroatoms. The van der Waals surface area contributed by atoms with Crippen LogP contribution in [-0.2, 0) is 0 Å². The van der Waals surface area contributed by atoms with Crippen molar-refractivity contribution in [1.82, 2.24) is 15.3 Å². The van der Waals surface area contributed by atoms with Crippen LogP contribution in [-0.4, -0.2) is 29.0 Å². The van der Waals surface area contributed by atoms with Crippen LogP contribution in [0.15, 0.2) is 35.1 Å². The smallest absolute Gasteiger partial charge is 0.270 e. The van der Waals surface area contributed by atoms with E-state index in [-0.39, 0.29) is 23.2 Å². The van der Waals surface area contributed by atoms with Gasteiger partial charge in [-0.15, -0.1) is 0 Å². The Morgan fingerprint density at radius 1 is 1.11 bits per heavy atom. The van der Waals surface area contributed by atoms with E-state index in [1.165, 1.54) is 24.5 Å². The number of nitrogens with zero attached hydrogens (tertiary/aromatic N) is 2. The van der Waals surface area contributed by atoms with Crippen molar-refractivity contribution in [3.8, 4) is 0 Å². The fraction of sp³-hybridized carbons (Fsp3) is 0.500. The lowest BCUT2D eigenvalue weighted by molar-refractivity contribution is 0.0926. The topological polar surface area (TPSA) is 78.1 Å². The van der Waals surface area contributed by atoms with Crippen LogP contribution < -0.4 is 15.8 Å². The summed E-state index contributed by atoms with van der Waals surface area (Å²) in [6.07, 6.45) is 6.99. The maximum Gasteiger partial charge on any atom is 0.270 e. The van der Waals surface area contributed by atoms with Gasteiger partial charge in [-0.1, -0.05) is 24.3 Å². The van der Waals surface area contributed by atoms with Gasteiger partial charge in [0.1, 0.15) is 5.69 Å². The predicted molar refractivity (Wildman–Crippen MR) is 108 cm³/mol. The Kier molecular flexibility index (Phi) is 4.41. The molecular formula is C22H26N4O2. The molecule has 5 rings (SSSR count). The Labute approximate surface area is 164 Å². The Balaban J connectivity index is 1.36. The lowest BCUT2D eigenvalue weighted by atomic mass is 9.99. The summed E-state index contributed by atoms with van der Waals surface area (Å²) in [6.45, 7) is 1.73. The van der Waals surface area contributed by atoms with Crippen LogP contribution in [0.3, 0.4) is 0 Å². The number of carbonyl (C=O) groups is 1. The SMILES string of the molecule is O=C(N[C@@H](c1ccc(C2CC2)cc1)C1CC1)c1cc(=O)[nH]c(N2CCCC2)n1. The predicted octanol–water partition coefficient (Wildman–Crippen LogP) is 3.13. The van der Waals surface area contributed by atoms with Gasteiger partial charge in [0.15, 0.2) is 0 Å². The van der Waals surface area contributed by atoms with Gasteiger partial charge in [-0.3, -0.25) is 14.6 Å². The van der Waals surface area contributed by atoms with Gasteiger partial charge in [-0.25, -0.2) is 4.98 Å². The van der Waals surface area contributed by atoms with Gasteiger partial charge in [-0.05, 0) is 61.5 Å². The quantitative estimate of drug-likeness (QED) is 0.810. The monoisotopic (exact) mass is 378 g/mol. The minimum absolute atomic E-state index is 0.0166. The van der Waals surface area contributed by atoms with Crippen molar-refractivity contribution in [1.29, 1.82) is 0 Å². The van der Waals surface area contributed by atoms with Crippen LogP contribution in [0.5, 0.6) is 0 Å². The summed E-state index contributed by atoms with van der Waals surface area (Å²) in [4.78, 5) is 34.2. The number of anilines is 1. The number of carbonyl (C=O) groups excluding carboxylic acids is 1. The van der Waals surface area contributed by atoms with Crippen molar-refractivity contribution in [2.24, 2.45) is 5.92 Å². The lowest BCUT2D eigenvalue weighted by Crippen LogP contribution is -2.33. The van der Waals surface area contributed by atoms with E-state index in [1.54, 1.807) is 0 Å². The van der Waals surface area contributed by atoms with E-state index >= 15 is 0 Å². The maximum absolute atomic E-state index is 12.9. The van der Waals surface area contributed by atoms with Gasteiger partial charge in [0, 0.05) is 19.2 Å². The summed E-state index contributed by atoms with van der Waals surface area (Å²) < 4.78 is 0. The molecule has 1 saturated heterocycles. The molecule has 2 heterocycles. The molecule has 0 bridgehead atoms. The Bertz CT molecular complexity index is 922. The van der Waals surface area contributed by atoms with Crippen LogP contribution in [0.2, 0.25) is 0 Å². The number of amides is 1. The maximum atomic E-state index is 12.9. The molecular weight excluding hydrogens is 352 g/mol. The number of H-pyrrole nitrogens is 1. The van der Waals surface area contributed by atoms with Gasteiger partial charge in [0.05, 0.1) is 6.04 Å². The Morgan fingerprint density at radius 2 is 1.82 bits per heavy atom. The summed E-state index contributed by atoms with van der Waals surface area (Å²) in [5.41, 5.74) is 2.46. The van der Waals surface area contributed by atoms with Crippen LogP contribution >= 0.6 is 0 Å². The molecule has 1 atom stereocenters. The second kappa shape index (κ2) is 7.08. The molecule has 146 valence electrons. The van der Waals surface area contributed by atoms with Gasteiger partial charge in [-0.2, -0.15) is 0 Å². The third-order valence-corrected chi connectivity index (χ3v) is 6.09. The number of hydrogen-bond donors (Lipinski definition) is 2. The summed E-state index contributed by atoms with van der Waals surface area (Å²) >= 11 is 0. The first kappa shape index (κ1) is 17.5. The fourth-order valence-electron chi connectivity index (χ4n) is 4.15. The molecule has 28 heavy (non-hydrogen) atoms. The summed E-state index contributed by atoms with van der Waals surface area (Å²) in [7, 11) is 0. The zero-order valence-electron chi connectivity index (χ0n) is 16.0. The summed E-state index contributed by atoms with van der Waals surface area (Å²) in [6, 6.07) is 9.99. The molecule has 1 amide bonds. The number of rotatable bonds is 6. The number of benzene rings is 1. The molecule has 0 radical (unpaired) electrons. The van der Waals surface area contributed by atoms with E-state index < -0.39 is 0 Å². The number of hydrogen-bond acceptors (Lipinski definition) is 4. The van der Waals surface area contributed by atoms with Crippen LogP contribution in [0.1, 0.15) is 72.1 Å². The van der Waals surface area contributed by atoms with E-state index in [4.69, 9.17) is 0 Å².